The van der Waals surface area contributed by atoms with Crippen LogP contribution in [0, 0.1) is 0 Å². The van der Waals surface area contributed by atoms with Crippen LogP contribution < -0.4 is 0 Å². The molecule has 0 spiro atoms. The van der Waals surface area contributed by atoms with Crippen LogP contribution in [0.1, 0.15) is 6.92 Å². The zero-order chi connectivity index (χ0) is 7.40. The molecule has 10 heavy (non-hydrogen) atoms. The van der Waals surface area contributed by atoms with Crippen LogP contribution in [0.15, 0.2) is 18.7 Å². The van der Waals surface area contributed by atoms with Crippen molar-refractivity contribution in [3.05, 3.63) is 18.7 Å². The van der Waals surface area contributed by atoms with Crippen molar-refractivity contribution in [1.82, 2.24) is 9.55 Å². The van der Waals surface area contributed by atoms with E-state index in [9.17, 15) is 4.79 Å². The number of rotatable bonds is 2. The van der Waals surface area contributed by atoms with Gasteiger partial charge in [0, 0.05) is 19.3 Å². The summed E-state index contributed by atoms with van der Waals surface area (Å²) in [6.45, 7) is 1.62. The maximum atomic E-state index is 10.3. The van der Waals surface area contributed by atoms with E-state index in [0.29, 0.717) is 0 Å². The number of hydrogen-bond acceptors (Lipinski definition) is 3. The summed E-state index contributed by atoms with van der Waals surface area (Å²) >= 11 is 0. The number of aromatic nitrogens is 2. The van der Waals surface area contributed by atoms with Gasteiger partial charge in [-0.2, -0.15) is 0 Å². The summed E-state index contributed by atoms with van der Waals surface area (Å²) in [6.07, 6.45) is 4.94. The Labute approximate surface area is 58.4 Å². The van der Waals surface area contributed by atoms with Crippen molar-refractivity contribution in [2.75, 3.05) is 0 Å². The smallest absolute Gasteiger partial charge is 0.304 e. The highest BCUT2D eigenvalue weighted by atomic mass is 16.5. The van der Waals surface area contributed by atoms with Crippen LogP contribution in [-0.2, 0) is 16.3 Å². The van der Waals surface area contributed by atoms with Crippen molar-refractivity contribution < 1.29 is 9.53 Å². The van der Waals surface area contributed by atoms with Gasteiger partial charge in [0.05, 0.1) is 6.33 Å². The van der Waals surface area contributed by atoms with Crippen LogP contribution in [0.2, 0.25) is 0 Å². The van der Waals surface area contributed by atoms with E-state index in [4.69, 9.17) is 0 Å². The van der Waals surface area contributed by atoms with Gasteiger partial charge < -0.3 is 9.30 Å². The van der Waals surface area contributed by atoms with Gasteiger partial charge >= 0.3 is 5.97 Å². The minimum absolute atomic E-state index is 0.245. The summed E-state index contributed by atoms with van der Waals surface area (Å²) in [5, 5.41) is 0. The molecule has 1 aromatic heterocycles. The third-order valence-electron chi connectivity index (χ3n) is 0.976. The summed E-state index contributed by atoms with van der Waals surface area (Å²) in [5.74, 6) is -0.284. The van der Waals surface area contributed by atoms with E-state index < -0.39 is 0 Å². The average molecular weight is 140 g/mol. The number of nitrogens with zero attached hydrogens (tertiary/aromatic N) is 2. The fourth-order valence-electron chi connectivity index (χ4n) is 0.529. The minimum Gasteiger partial charge on any atom is -0.444 e. The van der Waals surface area contributed by atoms with E-state index >= 15 is 0 Å². The molecule has 0 aliphatic heterocycles. The highest BCUT2D eigenvalue weighted by Gasteiger charge is 1.91. The average Bonchev–Trinajstić information content (AvgIpc) is 2.34. The lowest BCUT2D eigenvalue weighted by atomic mass is 10.8. The SMILES string of the molecule is CC(=O)OCn1ccnc1. The molecule has 1 rings (SSSR count). The lowest BCUT2D eigenvalue weighted by Crippen LogP contribution is -2.03. The molecule has 0 fully saturated rings. The van der Waals surface area contributed by atoms with Gasteiger partial charge in [0.15, 0.2) is 6.73 Å². The van der Waals surface area contributed by atoms with Crippen LogP contribution in [0.5, 0.6) is 0 Å². The first-order valence-corrected chi connectivity index (χ1v) is 2.88. The normalized spacial score (nSPS) is 9.30. The molecule has 0 amide bonds. The van der Waals surface area contributed by atoms with E-state index in [1.807, 2.05) is 0 Å². The van der Waals surface area contributed by atoms with Gasteiger partial charge in [0.25, 0.3) is 0 Å². The first-order chi connectivity index (χ1) is 4.79. The molecule has 0 N–H and O–H groups in total. The predicted octanol–water partition coefficient (Wildman–Crippen LogP) is 0.404. The quantitative estimate of drug-likeness (QED) is 0.558. The summed E-state index contributed by atoms with van der Waals surface area (Å²) in [6, 6.07) is 0. The standard InChI is InChI=1S/C6H8N2O2/c1-6(9)10-5-8-3-2-7-4-8/h2-4H,5H2,1H3. The number of ether oxygens (including phenoxy) is 1. The van der Waals surface area contributed by atoms with Gasteiger partial charge in [0.2, 0.25) is 0 Å². The second kappa shape index (κ2) is 3.00. The van der Waals surface area contributed by atoms with Crippen molar-refractivity contribution in [3.63, 3.8) is 0 Å². The van der Waals surface area contributed by atoms with Crippen molar-refractivity contribution >= 4 is 5.97 Å². The van der Waals surface area contributed by atoms with Gasteiger partial charge in [-0.15, -0.1) is 0 Å². The molecule has 1 aromatic rings. The van der Waals surface area contributed by atoms with Crippen molar-refractivity contribution in [3.8, 4) is 0 Å². The Morgan fingerprint density at radius 2 is 2.60 bits per heavy atom. The molecule has 4 heteroatoms. The van der Waals surface area contributed by atoms with Crippen LogP contribution in [-0.4, -0.2) is 15.5 Å². The van der Waals surface area contributed by atoms with Gasteiger partial charge in [0.1, 0.15) is 0 Å². The van der Waals surface area contributed by atoms with E-state index in [-0.39, 0.29) is 12.7 Å². The summed E-state index contributed by atoms with van der Waals surface area (Å²) in [7, 11) is 0. The Balaban J connectivity index is 2.35. The van der Waals surface area contributed by atoms with Crippen LogP contribution in [0.4, 0.5) is 0 Å². The molecule has 0 radical (unpaired) electrons. The fourth-order valence-corrected chi connectivity index (χ4v) is 0.529. The molecule has 0 saturated carbocycles. The Kier molecular flexibility index (Phi) is 2.04. The molecule has 4 nitrogen and oxygen atoms in total. The second-order valence-electron chi connectivity index (χ2n) is 1.84. The second-order valence-corrected chi connectivity index (χ2v) is 1.84. The maximum absolute atomic E-state index is 10.3. The van der Waals surface area contributed by atoms with E-state index in [1.165, 1.54) is 6.92 Å². The Morgan fingerprint density at radius 1 is 1.80 bits per heavy atom. The molecule has 0 bridgehead atoms. The van der Waals surface area contributed by atoms with Gasteiger partial charge in [-0.25, -0.2) is 4.98 Å². The zero-order valence-corrected chi connectivity index (χ0v) is 5.65. The molecule has 1 heterocycles. The first-order valence-electron chi connectivity index (χ1n) is 2.88. The van der Waals surface area contributed by atoms with E-state index in [1.54, 1.807) is 23.3 Å². The van der Waals surface area contributed by atoms with Crippen molar-refractivity contribution in [2.24, 2.45) is 0 Å². The number of carbonyl (C=O) groups excluding carboxylic acids is 1. The fraction of sp³-hybridized carbons (Fsp3) is 0.333. The van der Waals surface area contributed by atoms with Crippen LogP contribution in [0.25, 0.3) is 0 Å². The molecule has 0 saturated heterocycles. The lowest BCUT2D eigenvalue weighted by Gasteiger charge is -1.99. The van der Waals surface area contributed by atoms with Gasteiger partial charge in [-0.05, 0) is 0 Å². The molecule has 0 aromatic carbocycles. The highest BCUT2D eigenvalue weighted by molar-refractivity contribution is 5.65. The molecular weight excluding hydrogens is 132 g/mol. The number of imidazole rings is 1. The molecule has 0 aliphatic carbocycles. The molecule has 0 aliphatic rings. The highest BCUT2D eigenvalue weighted by Crippen LogP contribution is 1.86. The molecule has 54 valence electrons. The van der Waals surface area contributed by atoms with Crippen molar-refractivity contribution in [2.45, 2.75) is 13.7 Å². The summed E-state index contributed by atoms with van der Waals surface area (Å²) in [5.41, 5.74) is 0. The van der Waals surface area contributed by atoms with E-state index in [2.05, 4.69) is 9.72 Å². The molecular formula is C6H8N2O2. The topological polar surface area (TPSA) is 44.1 Å². The monoisotopic (exact) mass is 140 g/mol. The van der Waals surface area contributed by atoms with Gasteiger partial charge in [-0.1, -0.05) is 0 Å². The largest absolute Gasteiger partial charge is 0.444 e. The minimum atomic E-state index is -0.284. The van der Waals surface area contributed by atoms with Crippen molar-refractivity contribution in [1.29, 1.82) is 0 Å². The first kappa shape index (κ1) is 6.80. The zero-order valence-electron chi connectivity index (χ0n) is 5.65. The lowest BCUT2D eigenvalue weighted by molar-refractivity contribution is -0.144. The maximum Gasteiger partial charge on any atom is 0.304 e. The third kappa shape index (κ3) is 1.89. The van der Waals surface area contributed by atoms with Crippen LogP contribution in [0.3, 0.4) is 0 Å². The van der Waals surface area contributed by atoms with Gasteiger partial charge in [-0.3, -0.25) is 4.79 Å². The Hall–Kier alpha value is -1.32. The molecule has 0 unspecified atom stereocenters. The summed E-state index contributed by atoms with van der Waals surface area (Å²) < 4.78 is 6.34. The van der Waals surface area contributed by atoms with Crippen LogP contribution >= 0.6 is 0 Å². The Bertz CT molecular complexity index is 206. The number of esters is 1. The number of hydrogen-bond donors (Lipinski definition) is 0. The van der Waals surface area contributed by atoms with E-state index in [0.717, 1.165) is 0 Å². The third-order valence-corrected chi connectivity index (χ3v) is 0.976. The summed E-state index contributed by atoms with van der Waals surface area (Å²) in [4.78, 5) is 14.1. The molecule has 0 atom stereocenters. The predicted molar refractivity (Wildman–Crippen MR) is 34.0 cm³/mol. The Morgan fingerprint density at radius 3 is 3.10 bits per heavy atom. The number of carbonyl (C=O) groups is 1.